The quantitative estimate of drug-likeness (QED) is 0.780. The van der Waals surface area contributed by atoms with Gasteiger partial charge in [0.1, 0.15) is 11.5 Å². The van der Waals surface area contributed by atoms with E-state index in [4.69, 9.17) is 10.2 Å². The number of rotatable bonds is 4. The molecule has 2 heterocycles. The molecular weight excluding hydrogens is 254 g/mol. The van der Waals surface area contributed by atoms with Gasteiger partial charge in [-0.15, -0.1) is 10.2 Å². The Morgan fingerprint density at radius 3 is 2.75 bits per heavy atom. The minimum Gasteiger partial charge on any atom is -0.465 e. The van der Waals surface area contributed by atoms with Crippen LogP contribution in [0.1, 0.15) is 17.1 Å². The minimum atomic E-state index is 0.390. The van der Waals surface area contributed by atoms with Crippen LogP contribution in [-0.4, -0.2) is 20.2 Å². The number of hydrogen-bond donors (Lipinski definition) is 1. The standard InChI is InChI=1S/C14H15N5O/c1-10-12(7-13(8-15)20-10)9-19-17-14(16-18-19)11-5-3-2-4-6-11/h2-7H,8-9,15H2,1H3. The zero-order valence-corrected chi connectivity index (χ0v) is 11.2. The van der Waals surface area contributed by atoms with E-state index in [0.29, 0.717) is 18.9 Å². The van der Waals surface area contributed by atoms with E-state index in [1.165, 1.54) is 0 Å². The normalized spacial score (nSPS) is 10.9. The SMILES string of the molecule is Cc1oc(CN)cc1Cn1nnc(-c2ccccc2)n1. The Morgan fingerprint density at radius 2 is 2.05 bits per heavy atom. The van der Waals surface area contributed by atoms with Gasteiger partial charge in [-0.05, 0) is 18.2 Å². The number of furan rings is 1. The monoisotopic (exact) mass is 269 g/mol. The van der Waals surface area contributed by atoms with Crippen LogP contribution in [-0.2, 0) is 13.1 Å². The lowest BCUT2D eigenvalue weighted by Gasteiger charge is -1.96. The van der Waals surface area contributed by atoms with E-state index in [1.54, 1.807) is 4.80 Å². The molecule has 0 bridgehead atoms. The molecule has 20 heavy (non-hydrogen) atoms. The largest absolute Gasteiger partial charge is 0.465 e. The Kier molecular flexibility index (Phi) is 3.30. The highest BCUT2D eigenvalue weighted by Gasteiger charge is 2.10. The maximum atomic E-state index is 5.56. The lowest BCUT2D eigenvalue weighted by molar-refractivity contribution is 0.478. The fourth-order valence-electron chi connectivity index (χ4n) is 2.01. The molecule has 3 aromatic rings. The maximum absolute atomic E-state index is 5.56. The Bertz CT molecular complexity index is 701. The zero-order chi connectivity index (χ0) is 13.9. The number of hydrogen-bond acceptors (Lipinski definition) is 5. The molecule has 2 N–H and O–H groups in total. The molecule has 0 aliphatic rings. The summed E-state index contributed by atoms with van der Waals surface area (Å²) in [6.45, 7) is 2.82. The predicted molar refractivity (Wildman–Crippen MR) is 73.7 cm³/mol. The van der Waals surface area contributed by atoms with Crippen LogP contribution in [0.25, 0.3) is 11.4 Å². The molecule has 0 unspecified atom stereocenters. The highest BCUT2D eigenvalue weighted by molar-refractivity contribution is 5.52. The summed E-state index contributed by atoms with van der Waals surface area (Å²) >= 11 is 0. The Morgan fingerprint density at radius 1 is 1.25 bits per heavy atom. The molecular formula is C14H15N5O. The van der Waals surface area contributed by atoms with Crippen molar-refractivity contribution in [2.75, 3.05) is 0 Å². The average Bonchev–Trinajstić information content (AvgIpc) is 3.08. The van der Waals surface area contributed by atoms with Gasteiger partial charge < -0.3 is 10.2 Å². The second-order valence-electron chi connectivity index (χ2n) is 4.51. The second-order valence-corrected chi connectivity index (χ2v) is 4.51. The van der Waals surface area contributed by atoms with Gasteiger partial charge in [-0.3, -0.25) is 0 Å². The van der Waals surface area contributed by atoms with Crippen LogP contribution in [0.4, 0.5) is 0 Å². The predicted octanol–water partition coefficient (Wildman–Crippen LogP) is 1.75. The Hall–Kier alpha value is -2.47. The topological polar surface area (TPSA) is 82.8 Å². The van der Waals surface area contributed by atoms with Crippen molar-refractivity contribution < 1.29 is 4.42 Å². The summed E-state index contributed by atoms with van der Waals surface area (Å²) in [5.41, 5.74) is 7.53. The van der Waals surface area contributed by atoms with E-state index in [2.05, 4.69) is 15.4 Å². The van der Waals surface area contributed by atoms with Crippen LogP contribution in [0.15, 0.2) is 40.8 Å². The smallest absolute Gasteiger partial charge is 0.204 e. The van der Waals surface area contributed by atoms with Crippen molar-refractivity contribution >= 4 is 0 Å². The summed E-state index contributed by atoms with van der Waals surface area (Å²) in [7, 11) is 0. The maximum Gasteiger partial charge on any atom is 0.204 e. The van der Waals surface area contributed by atoms with Crippen LogP contribution < -0.4 is 5.73 Å². The van der Waals surface area contributed by atoms with E-state index in [1.807, 2.05) is 43.3 Å². The molecule has 0 fully saturated rings. The van der Waals surface area contributed by atoms with Gasteiger partial charge in [-0.25, -0.2) is 0 Å². The summed E-state index contributed by atoms with van der Waals surface area (Å²) in [6, 6.07) is 11.7. The first-order valence-corrected chi connectivity index (χ1v) is 6.38. The highest BCUT2D eigenvalue weighted by atomic mass is 16.3. The van der Waals surface area contributed by atoms with Crippen molar-refractivity contribution in [3.63, 3.8) is 0 Å². The first-order chi connectivity index (χ1) is 9.76. The van der Waals surface area contributed by atoms with Gasteiger partial charge in [0, 0.05) is 11.1 Å². The third kappa shape index (κ3) is 2.46. The van der Waals surface area contributed by atoms with Gasteiger partial charge in [-0.1, -0.05) is 30.3 Å². The summed E-state index contributed by atoms with van der Waals surface area (Å²) in [6.07, 6.45) is 0. The molecule has 0 saturated carbocycles. The summed E-state index contributed by atoms with van der Waals surface area (Å²) in [4.78, 5) is 1.56. The molecule has 0 radical (unpaired) electrons. The molecule has 0 spiro atoms. The van der Waals surface area contributed by atoms with E-state index < -0.39 is 0 Å². The molecule has 2 aromatic heterocycles. The molecule has 0 amide bonds. The molecule has 3 rings (SSSR count). The number of nitrogens with zero attached hydrogens (tertiary/aromatic N) is 4. The molecule has 0 saturated heterocycles. The molecule has 0 atom stereocenters. The van der Waals surface area contributed by atoms with Crippen molar-refractivity contribution in [1.82, 2.24) is 20.2 Å². The van der Waals surface area contributed by atoms with E-state index in [9.17, 15) is 0 Å². The third-order valence-corrected chi connectivity index (χ3v) is 3.07. The lowest BCUT2D eigenvalue weighted by atomic mass is 10.2. The van der Waals surface area contributed by atoms with Crippen molar-refractivity contribution in [1.29, 1.82) is 0 Å². The first-order valence-electron chi connectivity index (χ1n) is 6.38. The van der Waals surface area contributed by atoms with Crippen molar-refractivity contribution in [3.8, 4) is 11.4 Å². The zero-order valence-electron chi connectivity index (χ0n) is 11.2. The van der Waals surface area contributed by atoms with Crippen molar-refractivity contribution in [2.45, 2.75) is 20.0 Å². The van der Waals surface area contributed by atoms with Crippen LogP contribution in [0.5, 0.6) is 0 Å². The summed E-state index contributed by atoms with van der Waals surface area (Å²) in [5.74, 6) is 2.22. The minimum absolute atomic E-state index is 0.390. The molecule has 1 aromatic carbocycles. The molecule has 0 aliphatic heterocycles. The molecule has 0 aliphatic carbocycles. The Labute approximate surface area is 116 Å². The number of nitrogens with two attached hydrogens (primary N) is 1. The van der Waals surface area contributed by atoms with Crippen LogP contribution in [0.2, 0.25) is 0 Å². The van der Waals surface area contributed by atoms with Gasteiger partial charge in [-0.2, -0.15) is 4.80 Å². The van der Waals surface area contributed by atoms with Gasteiger partial charge in [0.2, 0.25) is 5.82 Å². The van der Waals surface area contributed by atoms with Crippen LogP contribution in [0.3, 0.4) is 0 Å². The number of aryl methyl sites for hydroxylation is 1. The highest BCUT2D eigenvalue weighted by Crippen LogP contribution is 2.16. The Balaban J connectivity index is 1.82. The lowest BCUT2D eigenvalue weighted by Crippen LogP contribution is -2.04. The first kappa shape index (κ1) is 12.6. The van der Waals surface area contributed by atoms with Crippen LogP contribution >= 0.6 is 0 Å². The van der Waals surface area contributed by atoms with Crippen molar-refractivity contribution in [3.05, 3.63) is 53.5 Å². The van der Waals surface area contributed by atoms with Gasteiger partial charge >= 0.3 is 0 Å². The van der Waals surface area contributed by atoms with Gasteiger partial charge in [0.25, 0.3) is 0 Å². The fraction of sp³-hybridized carbons (Fsp3) is 0.214. The van der Waals surface area contributed by atoms with Crippen LogP contribution in [0, 0.1) is 6.92 Å². The average molecular weight is 269 g/mol. The van der Waals surface area contributed by atoms with E-state index >= 15 is 0 Å². The number of benzene rings is 1. The number of aromatic nitrogens is 4. The summed E-state index contributed by atoms with van der Waals surface area (Å²) in [5, 5.41) is 12.5. The van der Waals surface area contributed by atoms with Crippen molar-refractivity contribution in [2.24, 2.45) is 5.73 Å². The second kappa shape index (κ2) is 5.26. The molecule has 102 valence electrons. The molecule has 6 heteroatoms. The summed E-state index contributed by atoms with van der Waals surface area (Å²) < 4.78 is 5.51. The van der Waals surface area contributed by atoms with Gasteiger partial charge in [0.15, 0.2) is 0 Å². The van der Waals surface area contributed by atoms with E-state index in [-0.39, 0.29) is 0 Å². The fourth-order valence-corrected chi connectivity index (χ4v) is 2.01. The third-order valence-electron chi connectivity index (χ3n) is 3.07. The molecule has 6 nitrogen and oxygen atoms in total. The van der Waals surface area contributed by atoms with Gasteiger partial charge in [0.05, 0.1) is 13.1 Å². The van der Waals surface area contributed by atoms with E-state index in [0.717, 1.165) is 22.6 Å². The number of tetrazole rings is 1.